The fourth-order valence-corrected chi connectivity index (χ4v) is 3.17. The molecule has 0 amide bonds. The summed E-state index contributed by atoms with van der Waals surface area (Å²) in [5.74, 6) is 0.155. The van der Waals surface area contributed by atoms with Crippen molar-refractivity contribution in [2.75, 3.05) is 17.0 Å². The quantitative estimate of drug-likeness (QED) is 0.697. The van der Waals surface area contributed by atoms with Crippen LogP contribution in [0.15, 0.2) is 22.7 Å². The van der Waals surface area contributed by atoms with Gasteiger partial charge in [0.25, 0.3) is 0 Å². The molecule has 0 spiro atoms. The fraction of sp³-hybridized carbons (Fsp3) is 0.571. The summed E-state index contributed by atoms with van der Waals surface area (Å²) in [6.07, 6.45) is 1.52. The van der Waals surface area contributed by atoms with Gasteiger partial charge in [-0.3, -0.25) is 4.72 Å². The Morgan fingerprint density at radius 2 is 1.95 bits per heavy atom. The average molecular weight is 363 g/mol. The van der Waals surface area contributed by atoms with Gasteiger partial charge in [0.15, 0.2) is 0 Å². The van der Waals surface area contributed by atoms with Crippen LogP contribution in [0.3, 0.4) is 0 Å². The van der Waals surface area contributed by atoms with Crippen LogP contribution in [0.4, 0.5) is 5.69 Å². The molecule has 0 radical (unpaired) electrons. The topological polar surface area (TPSA) is 58.2 Å². The first-order valence-electron chi connectivity index (χ1n) is 6.80. The maximum Gasteiger partial charge on any atom is 0.232 e. The smallest absolute Gasteiger partial charge is 0.232 e. The molecule has 0 aliphatic rings. The van der Waals surface area contributed by atoms with Gasteiger partial charge in [0.05, 0.1) is 5.75 Å². The summed E-state index contributed by atoms with van der Waals surface area (Å²) in [6, 6.07) is 5.87. The third-order valence-electron chi connectivity index (χ3n) is 2.82. The molecular weight excluding hydrogens is 340 g/mol. The average Bonchev–Trinajstić information content (AvgIpc) is 2.32. The van der Waals surface area contributed by atoms with Gasteiger partial charge in [-0.25, -0.2) is 8.42 Å². The predicted molar refractivity (Wildman–Crippen MR) is 88.7 cm³/mol. The number of hydrogen-bond donors (Lipinski definition) is 2. The van der Waals surface area contributed by atoms with E-state index in [4.69, 9.17) is 0 Å². The number of aryl methyl sites for hydroxylation is 1. The first-order chi connectivity index (χ1) is 9.30. The maximum absolute atomic E-state index is 11.9. The highest BCUT2D eigenvalue weighted by atomic mass is 79.9. The highest BCUT2D eigenvalue weighted by molar-refractivity contribution is 9.10. The highest BCUT2D eigenvalue weighted by Gasteiger charge is 2.10. The van der Waals surface area contributed by atoms with Gasteiger partial charge >= 0.3 is 0 Å². The molecule has 20 heavy (non-hydrogen) atoms. The number of hydrogen-bond acceptors (Lipinski definition) is 3. The van der Waals surface area contributed by atoms with Crippen LogP contribution in [0.5, 0.6) is 0 Å². The summed E-state index contributed by atoms with van der Waals surface area (Å²) in [7, 11) is -3.26. The van der Waals surface area contributed by atoms with E-state index in [0.29, 0.717) is 18.2 Å². The number of unbranched alkanes of at least 4 members (excludes halogenated alkanes) is 1. The van der Waals surface area contributed by atoms with E-state index >= 15 is 0 Å². The molecule has 0 bridgehead atoms. The maximum atomic E-state index is 11.9. The van der Waals surface area contributed by atoms with Crippen molar-refractivity contribution >= 4 is 31.6 Å². The summed E-state index contributed by atoms with van der Waals surface area (Å²) in [5.41, 5.74) is 1.62. The number of halogens is 1. The SMILES string of the molecule is Cc1cc(NS(=O)(=O)CCCCNC(C)C)ccc1Br. The minimum absolute atomic E-state index is 0.155. The first-order valence-corrected chi connectivity index (χ1v) is 9.25. The molecule has 0 atom stereocenters. The Balaban J connectivity index is 2.43. The van der Waals surface area contributed by atoms with Gasteiger partial charge in [-0.2, -0.15) is 0 Å². The van der Waals surface area contributed by atoms with Crippen LogP contribution in [0, 0.1) is 6.92 Å². The molecule has 0 fully saturated rings. The summed E-state index contributed by atoms with van der Waals surface area (Å²) in [4.78, 5) is 0. The minimum atomic E-state index is -3.26. The molecule has 4 nitrogen and oxygen atoms in total. The third kappa shape index (κ3) is 6.72. The van der Waals surface area contributed by atoms with Crippen LogP contribution >= 0.6 is 15.9 Å². The molecule has 1 rings (SSSR count). The van der Waals surface area contributed by atoms with Crippen molar-refractivity contribution in [3.63, 3.8) is 0 Å². The second kappa shape index (κ2) is 8.00. The van der Waals surface area contributed by atoms with E-state index in [0.717, 1.165) is 23.0 Å². The molecule has 0 heterocycles. The van der Waals surface area contributed by atoms with E-state index in [1.165, 1.54) is 0 Å². The number of nitrogens with one attached hydrogen (secondary N) is 2. The van der Waals surface area contributed by atoms with Gasteiger partial charge in [0, 0.05) is 16.2 Å². The molecular formula is C14H23BrN2O2S. The van der Waals surface area contributed by atoms with Crippen LogP contribution in [-0.2, 0) is 10.0 Å². The standard InChI is InChI=1S/C14H23BrN2O2S/c1-11(2)16-8-4-5-9-20(18,19)17-13-6-7-14(15)12(3)10-13/h6-7,10-11,16-17H,4-5,8-9H2,1-3H3. The molecule has 0 saturated heterocycles. The van der Waals surface area contributed by atoms with Gasteiger partial charge < -0.3 is 5.32 Å². The van der Waals surface area contributed by atoms with Gasteiger partial charge in [-0.15, -0.1) is 0 Å². The van der Waals surface area contributed by atoms with Crippen molar-refractivity contribution in [1.82, 2.24) is 5.32 Å². The van der Waals surface area contributed by atoms with E-state index in [1.54, 1.807) is 6.07 Å². The van der Waals surface area contributed by atoms with Crippen LogP contribution in [0.1, 0.15) is 32.3 Å². The molecule has 1 aromatic carbocycles. The zero-order valence-corrected chi connectivity index (χ0v) is 14.6. The van der Waals surface area contributed by atoms with Crippen molar-refractivity contribution < 1.29 is 8.42 Å². The van der Waals surface area contributed by atoms with Gasteiger partial charge in [0.1, 0.15) is 0 Å². The van der Waals surface area contributed by atoms with Crippen molar-refractivity contribution in [2.45, 2.75) is 39.7 Å². The van der Waals surface area contributed by atoms with Crippen LogP contribution in [0.2, 0.25) is 0 Å². The lowest BCUT2D eigenvalue weighted by Crippen LogP contribution is -2.24. The van der Waals surface area contributed by atoms with Gasteiger partial charge in [0.2, 0.25) is 10.0 Å². The Bertz CT molecular complexity index is 530. The zero-order chi connectivity index (χ0) is 15.2. The molecule has 114 valence electrons. The molecule has 0 aromatic heterocycles. The number of benzene rings is 1. The Morgan fingerprint density at radius 1 is 1.25 bits per heavy atom. The molecule has 0 unspecified atom stereocenters. The zero-order valence-electron chi connectivity index (χ0n) is 12.2. The van der Waals surface area contributed by atoms with Gasteiger partial charge in [-0.05, 0) is 50.1 Å². The minimum Gasteiger partial charge on any atom is -0.315 e. The van der Waals surface area contributed by atoms with E-state index in [2.05, 4.69) is 39.8 Å². The fourth-order valence-electron chi connectivity index (χ4n) is 1.75. The highest BCUT2D eigenvalue weighted by Crippen LogP contribution is 2.20. The Kier molecular flexibility index (Phi) is 6.99. The van der Waals surface area contributed by atoms with Crippen molar-refractivity contribution in [1.29, 1.82) is 0 Å². The normalized spacial score (nSPS) is 11.8. The summed E-state index contributed by atoms with van der Waals surface area (Å²) >= 11 is 3.40. The van der Waals surface area contributed by atoms with Crippen LogP contribution in [-0.4, -0.2) is 26.8 Å². The molecule has 2 N–H and O–H groups in total. The van der Waals surface area contributed by atoms with Gasteiger partial charge in [-0.1, -0.05) is 29.8 Å². The van der Waals surface area contributed by atoms with Crippen molar-refractivity contribution in [3.8, 4) is 0 Å². The van der Waals surface area contributed by atoms with E-state index in [1.807, 2.05) is 19.1 Å². The summed E-state index contributed by atoms with van der Waals surface area (Å²) < 4.78 is 27.5. The van der Waals surface area contributed by atoms with Crippen LogP contribution in [0.25, 0.3) is 0 Å². The Hall–Kier alpha value is -0.590. The van der Waals surface area contributed by atoms with E-state index < -0.39 is 10.0 Å². The van der Waals surface area contributed by atoms with E-state index in [9.17, 15) is 8.42 Å². The van der Waals surface area contributed by atoms with E-state index in [-0.39, 0.29) is 5.75 Å². The number of sulfonamides is 1. The van der Waals surface area contributed by atoms with Crippen LogP contribution < -0.4 is 10.0 Å². The first kappa shape index (κ1) is 17.5. The molecule has 0 aliphatic heterocycles. The molecule has 0 saturated carbocycles. The summed E-state index contributed by atoms with van der Waals surface area (Å²) in [5, 5.41) is 3.27. The number of rotatable bonds is 8. The predicted octanol–water partition coefficient (Wildman–Crippen LogP) is 3.28. The Morgan fingerprint density at radius 3 is 2.55 bits per heavy atom. The molecule has 6 heteroatoms. The Labute approximate surface area is 130 Å². The lowest BCUT2D eigenvalue weighted by molar-refractivity contribution is 0.561. The largest absolute Gasteiger partial charge is 0.315 e. The summed E-state index contributed by atoms with van der Waals surface area (Å²) in [6.45, 7) is 6.94. The van der Waals surface area contributed by atoms with Crippen molar-refractivity contribution in [2.24, 2.45) is 0 Å². The lowest BCUT2D eigenvalue weighted by atomic mass is 10.2. The van der Waals surface area contributed by atoms with Crippen molar-refractivity contribution in [3.05, 3.63) is 28.2 Å². The third-order valence-corrected chi connectivity index (χ3v) is 5.09. The number of anilines is 1. The monoisotopic (exact) mass is 362 g/mol. The molecule has 1 aromatic rings. The second-order valence-corrected chi connectivity index (χ2v) is 7.90. The lowest BCUT2D eigenvalue weighted by Gasteiger charge is -2.10. The molecule has 0 aliphatic carbocycles. The second-order valence-electron chi connectivity index (χ2n) is 5.20.